The molecule has 0 saturated carbocycles. The second-order valence-electron chi connectivity index (χ2n) is 6.94. The van der Waals surface area contributed by atoms with Crippen LogP contribution in [-0.2, 0) is 22.3 Å². The highest BCUT2D eigenvalue weighted by Gasteiger charge is 2.48. The molecule has 2 atom stereocenters. The molecule has 0 radical (unpaired) electrons. The van der Waals surface area contributed by atoms with Gasteiger partial charge in [-0.05, 0) is 23.3 Å². The molecule has 2 aromatic carbocycles. The molecule has 2 fully saturated rings. The molecule has 0 N–H and O–H groups in total. The van der Waals surface area contributed by atoms with Gasteiger partial charge >= 0.3 is 0 Å². The van der Waals surface area contributed by atoms with Crippen LogP contribution in [0.4, 0.5) is 0 Å². The van der Waals surface area contributed by atoms with E-state index in [1.54, 1.807) is 4.31 Å². The fourth-order valence-corrected chi connectivity index (χ4v) is 5.54. The maximum Gasteiger partial charge on any atom is 0.218 e. The Morgan fingerprint density at radius 1 is 0.920 bits per heavy atom. The van der Waals surface area contributed by atoms with E-state index >= 15 is 0 Å². The third-order valence-electron chi connectivity index (χ3n) is 5.20. The summed E-state index contributed by atoms with van der Waals surface area (Å²) in [5.41, 5.74) is 2.06. The molecule has 0 bridgehead atoms. The molecule has 2 unspecified atom stereocenters. The average molecular weight is 377 g/mol. The SMILES string of the molecule is O=S(=O)(Cc1ccccc1)N1CC2CN(Cc3ccc(Cl)cc3)C2C1. The summed E-state index contributed by atoms with van der Waals surface area (Å²) in [5, 5.41) is 0.740. The quantitative estimate of drug-likeness (QED) is 0.805. The summed E-state index contributed by atoms with van der Waals surface area (Å²) in [6.07, 6.45) is 0. The third kappa shape index (κ3) is 3.60. The minimum Gasteiger partial charge on any atom is -0.294 e. The van der Waals surface area contributed by atoms with Crippen molar-refractivity contribution in [3.8, 4) is 0 Å². The van der Waals surface area contributed by atoms with Gasteiger partial charge in [-0.25, -0.2) is 8.42 Å². The van der Waals surface area contributed by atoms with Crippen LogP contribution < -0.4 is 0 Å². The van der Waals surface area contributed by atoms with Gasteiger partial charge in [0.25, 0.3) is 0 Å². The molecule has 2 heterocycles. The highest BCUT2D eigenvalue weighted by atomic mass is 35.5. The normalized spacial score (nSPS) is 24.0. The molecule has 2 saturated heterocycles. The standard InChI is InChI=1S/C19H21ClN2O2S/c20-18-8-6-15(7-9-18)10-21-11-17-12-22(13-19(17)21)25(23,24)14-16-4-2-1-3-5-16/h1-9,17,19H,10-14H2. The number of nitrogens with zero attached hydrogens (tertiary/aromatic N) is 2. The van der Waals surface area contributed by atoms with E-state index in [0.717, 1.165) is 23.7 Å². The number of fused-ring (bicyclic) bond motifs is 1. The monoisotopic (exact) mass is 376 g/mol. The molecule has 0 aliphatic carbocycles. The predicted octanol–water partition coefficient (Wildman–Crippen LogP) is 2.99. The van der Waals surface area contributed by atoms with Gasteiger partial charge in [0.05, 0.1) is 5.75 Å². The highest BCUT2D eigenvalue weighted by Crippen LogP contribution is 2.35. The van der Waals surface area contributed by atoms with Crippen molar-refractivity contribution in [1.82, 2.24) is 9.21 Å². The van der Waals surface area contributed by atoms with Crippen LogP contribution in [0.2, 0.25) is 5.02 Å². The fourth-order valence-electron chi connectivity index (χ4n) is 3.82. The van der Waals surface area contributed by atoms with Gasteiger partial charge in [-0.3, -0.25) is 4.90 Å². The molecular formula is C19H21ClN2O2S. The molecule has 0 aromatic heterocycles. The van der Waals surface area contributed by atoms with E-state index in [1.165, 1.54) is 5.56 Å². The Morgan fingerprint density at radius 3 is 2.36 bits per heavy atom. The lowest BCUT2D eigenvalue weighted by molar-refractivity contribution is 0.0435. The first-order valence-electron chi connectivity index (χ1n) is 8.51. The average Bonchev–Trinajstić information content (AvgIpc) is 2.93. The number of rotatable bonds is 5. The van der Waals surface area contributed by atoms with Gasteiger partial charge in [0.15, 0.2) is 0 Å². The Kier molecular flexibility index (Phi) is 4.58. The second-order valence-corrected chi connectivity index (χ2v) is 9.35. The van der Waals surface area contributed by atoms with Gasteiger partial charge in [-0.2, -0.15) is 4.31 Å². The number of hydrogen-bond donors (Lipinski definition) is 0. The molecule has 132 valence electrons. The zero-order valence-corrected chi connectivity index (χ0v) is 15.5. The molecular weight excluding hydrogens is 356 g/mol. The molecule has 2 aliphatic heterocycles. The minimum atomic E-state index is -3.25. The van der Waals surface area contributed by atoms with Crippen molar-refractivity contribution < 1.29 is 8.42 Å². The van der Waals surface area contributed by atoms with Crippen LogP contribution in [-0.4, -0.2) is 43.3 Å². The van der Waals surface area contributed by atoms with E-state index in [-0.39, 0.29) is 5.75 Å². The Bertz CT molecular complexity index is 839. The van der Waals surface area contributed by atoms with E-state index in [1.807, 2.05) is 54.6 Å². The van der Waals surface area contributed by atoms with Gasteiger partial charge in [-0.1, -0.05) is 54.1 Å². The minimum absolute atomic E-state index is 0.0878. The van der Waals surface area contributed by atoms with E-state index < -0.39 is 10.0 Å². The summed E-state index contributed by atoms with van der Waals surface area (Å²) in [6, 6.07) is 17.6. The Morgan fingerprint density at radius 2 is 1.64 bits per heavy atom. The zero-order chi connectivity index (χ0) is 17.4. The Labute approximate surface area is 154 Å². The van der Waals surface area contributed by atoms with Crippen LogP contribution >= 0.6 is 11.6 Å². The summed E-state index contributed by atoms with van der Waals surface area (Å²) in [7, 11) is -3.25. The summed E-state index contributed by atoms with van der Waals surface area (Å²) in [4.78, 5) is 2.37. The van der Waals surface area contributed by atoms with Crippen LogP contribution in [0.25, 0.3) is 0 Å². The summed E-state index contributed by atoms with van der Waals surface area (Å²) in [5.74, 6) is 0.544. The smallest absolute Gasteiger partial charge is 0.218 e. The zero-order valence-electron chi connectivity index (χ0n) is 13.9. The van der Waals surface area contributed by atoms with Gasteiger partial charge in [0.2, 0.25) is 10.0 Å². The first kappa shape index (κ1) is 17.0. The number of benzene rings is 2. The lowest BCUT2D eigenvalue weighted by Gasteiger charge is -2.43. The largest absolute Gasteiger partial charge is 0.294 e. The molecule has 0 amide bonds. The predicted molar refractivity (Wildman–Crippen MR) is 99.8 cm³/mol. The maximum absolute atomic E-state index is 12.7. The van der Waals surface area contributed by atoms with E-state index in [4.69, 9.17) is 11.6 Å². The number of sulfonamides is 1. The number of halogens is 1. The molecule has 2 aliphatic rings. The van der Waals surface area contributed by atoms with Crippen LogP contribution in [0.1, 0.15) is 11.1 Å². The van der Waals surface area contributed by atoms with Crippen molar-refractivity contribution in [3.05, 3.63) is 70.7 Å². The van der Waals surface area contributed by atoms with Crippen LogP contribution in [0.15, 0.2) is 54.6 Å². The van der Waals surface area contributed by atoms with Gasteiger partial charge < -0.3 is 0 Å². The third-order valence-corrected chi connectivity index (χ3v) is 7.23. The van der Waals surface area contributed by atoms with Crippen molar-refractivity contribution in [3.63, 3.8) is 0 Å². The van der Waals surface area contributed by atoms with Crippen LogP contribution in [0, 0.1) is 5.92 Å². The number of likely N-dealkylation sites (tertiary alicyclic amines) is 1. The molecule has 2 aromatic rings. The van der Waals surface area contributed by atoms with E-state index in [9.17, 15) is 8.42 Å². The van der Waals surface area contributed by atoms with E-state index in [2.05, 4.69) is 4.90 Å². The van der Waals surface area contributed by atoms with Gasteiger partial charge in [0.1, 0.15) is 0 Å². The first-order valence-corrected chi connectivity index (χ1v) is 10.5. The molecule has 4 nitrogen and oxygen atoms in total. The Hall–Kier alpha value is -1.40. The maximum atomic E-state index is 12.7. The summed E-state index contributed by atoms with van der Waals surface area (Å²) >= 11 is 5.93. The van der Waals surface area contributed by atoms with Crippen LogP contribution in [0.5, 0.6) is 0 Å². The molecule has 25 heavy (non-hydrogen) atoms. The summed E-state index contributed by atoms with van der Waals surface area (Å²) in [6.45, 7) is 3.07. The van der Waals surface area contributed by atoms with Crippen molar-refractivity contribution in [2.45, 2.75) is 18.3 Å². The van der Waals surface area contributed by atoms with Crippen molar-refractivity contribution in [2.75, 3.05) is 19.6 Å². The van der Waals surface area contributed by atoms with Crippen LogP contribution in [0.3, 0.4) is 0 Å². The number of hydrogen-bond acceptors (Lipinski definition) is 3. The fraction of sp³-hybridized carbons (Fsp3) is 0.368. The molecule has 6 heteroatoms. The lowest BCUT2D eigenvalue weighted by atomic mass is 9.91. The van der Waals surface area contributed by atoms with Gasteiger partial charge in [0, 0.05) is 43.2 Å². The van der Waals surface area contributed by atoms with Crippen molar-refractivity contribution in [2.24, 2.45) is 5.92 Å². The second kappa shape index (κ2) is 6.72. The Balaban J connectivity index is 1.39. The topological polar surface area (TPSA) is 40.6 Å². The van der Waals surface area contributed by atoms with Crippen molar-refractivity contribution in [1.29, 1.82) is 0 Å². The first-order chi connectivity index (χ1) is 12.0. The lowest BCUT2D eigenvalue weighted by Crippen LogP contribution is -2.54. The van der Waals surface area contributed by atoms with Crippen molar-refractivity contribution >= 4 is 21.6 Å². The summed E-state index contributed by atoms with van der Waals surface area (Å²) < 4.78 is 27.1. The highest BCUT2D eigenvalue weighted by molar-refractivity contribution is 7.88. The molecule has 0 spiro atoms. The molecule has 4 rings (SSSR count). The van der Waals surface area contributed by atoms with Gasteiger partial charge in [-0.15, -0.1) is 0 Å². The van der Waals surface area contributed by atoms with E-state index in [0.29, 0.717) is 25.0 Å².